The zero-order valence-electron chi connectivity index (χ0n) is 17.4. The summed E-state index contributed by atoms with van der Waals surface area (Å²) in [5.74, 6) is 0.662. The molecule has 0 bridgehead atoms. The van der Waals surface area contributed by atoms with E-state index in [1.807, 2.05) is 30.5 Å². The van der Waals surface area contributed by atoms with Crippen LogP contribution in [0.3, 0.4) is 0 Å². The number of hydrogen-bond acceptors (Lipinski definition) is 4. The van der Waals surface area contributed by atoms with Gasteiger partial charge >= 0.3 is 0 Å². The molecule has 154 valence electrons. The van der Waals surface area contributed by atoms with Gasteiger partial charge < -0.3 is 15.1 Å². The highest BCUT2D eigenvalue weighted by Crippen LogP contribution is 2.24. The van der Waals surface area contributed by atoms with E-state index in [1.54, 1.807) is 0 Å². The first-order chi connectivity index (χ1) is 14.2. The quantitative estimate of drug-likeness (QED) is 0.800. The van der Waals surface area contributed by atoms with Gasteiger partial charge in [0.1, 0.15) is 5.69 Å². The Hall–Kier alpha value is -2.56. The van der Waals surface area contributed by atoms with Crippen LogP contribution in [0.25, 0.3) is 0 Å². The average Bonchev–Trinajstić information content (AvgIpc) is 3.05. The van der Waals surface area contributed by atoms with Gasteiger partial charge in [0.15, 0.2) is 0 Å². The van der Waals surface area contributed by atoms with Gasteiger partial charge in [0.05, 0.1) is 11.9 Å². The number of anilines is 3. The molecule has 2 aliphatic rings. The fraction of sp³-hybridized carbons (Fsp3) is 0.500. The van der Waals surface area contributed by atoms with Crippen molar-refractivity contribution < 1.29 is 4.79 Å². The SMILES string of the molecule is CC1CCN(c2ccc(NC(=O)c3ccc(N4CCCCCC4)cn3)cc2)CC1. The Bertz CT molecular complexity index is 787. The van der Waals surface area contributed by atoms with Crippen LogP contribution in [0.4, 0.5) is 17.1 Å². The lowest BCUT2D eigenvalue weighted by molar-refractivity contribution is 0.102. The highest BCUT2D eigenvalue weighted by molar-refractivity contribution is 6.03. The lowest BCUT2D eigenvalue weighted by atomic mass is 9.99. The normalized spacial score (nSPS) is 18.4. The van der Waals surface area contributed by atoms with Gasteiger partial charge in [0.2, 0.25) is 0 Å². The van der Waals surface area contributed by atoms with Crippen molar-refractivity contribution in [1.82, 2.24) is 4.98 Å². The molecule has 3 heterocycles. The number of benzene rings is 1. The zero-order chi connectivity index (χ0) is 20.1. The van der Waals surface area contributed by atoms with Crippen LogP contribution in [0.15, 0.2) is 42.6 Å². The molecule has 0 saturated carbocycles. The van der Waals surface area contributed by atoms with E-state index in [1.165, 1.54) is 44.2 Å². The molecular formula is C24H32N4O. The van der Waals surface area contributed by atoms with Crippen LogP contribution in [-0.4, -0.2) is 37.1 Å². The van der Waals surface area contributed by atoms with Crippen molar-refractivity contribution in [3.63, 3.8) is 0 Å². The predicted molar refractivity (Wildman–Crippen MR) is 120 cm³/mol. The van der Waals surface area contributed by atoms with Crippen LogP contribution in [0.2, 0.25) is 0 Å². The number of nitrogens with one attached hydrogen (secondary N) is 1. The van der Waals surface area contributed by atoms with Crippen molar-refractivity contribution in [2.75, 3.05) is 41.3 Å². The molecule has 0 unspecified atom stereocenters. The van der Waals surface area contributed by atoms with Gasteiger partial charge in [-0.1, -0.05) is 19.8 Å². The third-order valence-corrected chi connectivity index (χ3v) is 6.23. The van der Waals surface area contributed by atoms with Crippen LogP contribution < -0.4 is 15.1 Å². The molecule has 1 aromatic carbocycles. The summed E-state index contributed by atoms with van der Waals surface area (Å²) in [6, 6.07) is 12.0. The molecule has 1 amide bonds. The number of carbonyl (C=O) groups excluding carboxylic acids is 1. The van der Waals surface area contributed by atoms with E-state index < -0.39 is 0 Å². The smallest absolute Gasteiger partial charge is 0.274 e. The first-order valence-electron chi connectivity index (χ1n) is 11.1. The van der Waals surface area contributed by atoms with Gasteiger partial charge in [-0.25, -0.2) is 4.98 Å². The molecule has 2 fully saturated rings. The minimum atomic E-state index is -0.160. The molecule has 29 heavy (non-hydrogen) atoms. The molecule has 2 aromatic rings. The second-order valence-electron chi connectivity index (χ2n) is 8.47. The molecule has 0 spiro atoms. The molecular weight excluding hydrogens is 360 g/mol. The van der Waals surface area contributed by atoms with Crippen molar-refractivity contribution in [3.8, 4) is 0 Å². The minimum Gasteiger partial charge on any atom is -0.372 e. The Balaban J connectivity index is 1.35. The van der Waals surface area contributed by atoms with Crippen LogP contribution in [-0.2, 0) is 0 Å². The average molecular weight is 393 g/mol. The van der Waals surface area contributed by atoms with Crippen LogP contribution >= 0.6 is 0 Å². The minimum absolute atomic E-state index is 0.160. The number of aromatic nitrogens is 1. The van der Waals surface area contributed by atoms with Crippen molar-refractivity contribution in [2.45, 2.75) is 45.4 Å². The van der Waals surface area contributed by atoms with Gasteiger partial charge in [0.25, 0.3) is 5.91 Å². The molecule has 0 radical (unpaired) electrons. The maximum Gasteiger partial charge on any atom is 0.274 e. The van der Waals surface area contributed by atoms with Gasteiger partial charge in [-0.2, -0.15) is 0 Å². The third kappa shape index (κ3) is 5.08. The monoisotopic (exact) mass is 392 g/mol. The Morgan fingerprint density at radius 1 is 0.862 bits per heavy atom. The van der Waals surface area contributed by atoms with Gasteiger partial charge in [-0.05, 0) is 68.0 Å². The Morgan fingerprint density at radius 2 is 1.48 bits per heavy atom. The standard InChI is InChI=1S/C24H32N4O/c1-19-12-16-28(17-13-19)21-8-6-20(7-9-21)26-24(29)23-11-10-22(18-25-23)27-14-4-2-3-5-15-27/h6-11,18-19H,2-5,12-17H2,1H3,(H,26,29). The number of piperidine rings is 1. The summed E-state index contributed by atoms with van der Waals surface area (Å²) in [7, 11) is 0. The maximum absolute atomic E-state index is 12.6. The summed E-state index contributed by atoms with van der Waals surface area (Å²) in [5, 5.41) is 2.97. The second-order valence-corrected chi connectivity index (χ2v) is 8.47. The second kappa shape index (κ2) is 9.29. The first kappa shape index (κ1) is 19.7. The largest absolute Gasteiger partial charge is 0.372 e. The van der Waals surface area contributed by atoms with E-state index in [4.69, 9.17) is 0 Å². The summed E-state index contributed by atoms with van der Waals surface area (Å²) in [6.07, 6.45) is 9.40. The predicted octanol–water partition coefficient (Wildman–Crippen LogP) is 4.95. The molecule has 1 N–H and O–H groups in total. The third-order valence-electron chi connectivity index (χ3n) is 6.23. The number of amides is 1. The molecule has 5 heteroatoms. The summed E-state index contributed by atoms with van der Waals surface area (Å²) in [5.41, 5.74) is 3.61. The fourth-order valence-corrected chi connectivity index (χ4v) is 4.25. The molecule has 0 aliphatic carbocycles. The highest BCUT2D eigenvalue weighted by Gasteiger charge is 2.16. The number of carbonyl (C=O) groups is 1. The van der Waals surface area contributed by atoms with E-state index in [2.05, 4.69) is 39.2 Å². The van der Waals surface area contributed by atoms with E-state index in [9.17, 15) is 4.79 Å². The van der Waals surface area contributed by atoms with Gasteiger partial charge in [0, 0.05) is 37.6 Å². The summed E-state index contributed by atoms with van der Waals surface area (Å²) >= 11 is 0. The van der Waals surface area contributed by atoms with Gasteiger partial charge in [-0.3, -0.25) is 4.79 Å². The Labute approximate surface area is 174 Å². The summed E-state index contributed by atoms with van der Waals surface area (Å²) in [4.78, 5) is 21.8. The lowest BCUT2D eigenvalue weighted by Gasteiger charge is -2.32. The van der Waals surface area contributed by atoms with Crippen molar-refractivity contribution in [2.24, 2.45) is 5.92 Å². The van der Waals surface area contributed by atoms with Crippen molar-refractivity contribution in [3.05, 3.63) is 48.3 Å². The Kier molecular flexibility index (Phi) is 6.33. The Morgan fingerprint density at radius 3 is 2.10 bits per heavy atom. The number of nitrogens with zero attached hydrogens (tertiary/aromatic N) is 3. The lowest BCUT2D eigenvalue weighted by Crippen LogP contribution is -2.32. The molecule has 1 aromatic heterocycles. The maximum atomic E-state index is 12.6. The number of hydrogen-bond donors (Lipinski definition) is 1. The van der Waals surface area contributed by atoms with Gasteiger partial charge in [-0.15, -0.1) is 0 Å². The van der Waals surface area contributed by atoms with Crippen LogP contribution in [0.5, 0.6) is 0 Å². The van der Waals surface area contributed by atoms with Crippen LogP contribution in [0.1, 0.15) is 55.9 Å². The van der Waals surface area contributed by atoms with Crippen molar-refractivity contribution in [1.29, 1.82) is 0 Å². The molecule has 4 rings (SSSR count). The van der Waals surface area contributed by atoms with E-state index in [0.717, 1.165) is 43.5 Å². The first-order valence-corrected chi connectivity index (χ1v) is 11.1. The number of pyridine rings is 1. The molecule has 5 nitrogen and oxygen atoms in total. The highest BCUT2D eigenvalue weighted by atomic mass is 16.1. The van der Waals surface area contributed by atoms with E-state index >= 15 is 0 Å². The summed E-state index contributed by atoms with van der Waals surface area (Å²) in [6.45, 7) is 6.70. The molecule has 0 atom stereocenters. The molecule has 2 saturated heterocycles. The fourth-order valence-electron chi connectivity index (χ4n) is 4.25. The molecule has 2 aliphatic heterocycles. The van der Waals surface area contributed by atoms with Crippen LogP contribution in [0, 0.1) is 5.92 Å². The van der Waals surface area contributed by atoms with E-state index in [0.29, 0.717) is 5.69 Å². The topological polar surface area (TPSA) is 48.5 Å². The zero-order valence-corrected chi connectivity index (χ0v) is 17.4. The summed E-state index contributed by atoms with van der Waals surface area (Å²) < 4.78 is 0. The van der Waals surface area contributed by atoms with Crippen molar-refractivity contribution >= 4 is 23.0 Å². The van der Waals surface area contributed by atoms with E-state index in [-0.39, 0.29) is 5.91 Å². The number of rotatable bonds is 4.